The zero-order valence-corrected chi connectivity index (χ0v) is 18.9. The van der Waals surface area contributed by atoms with Crippen LogP contribution in [0.5, 0.6) is 11.5 Å². The molecule has 3 N–H and O–H groups in total. The highest BCUT2D eigenvalue weighted by Gasteiger charge is 2.31. The van der Waals surface area contributed by atoms with Crippen LogP contribution in [0.2, 0.25) is 0 Å². The summed E-state index contributed by atoms with van der Waals surface area (Å²) < 4.78 is 10.2. The van der Waals surface area contributed by atoms with Crippen molar-refractivity contribution in [3.05, 3.63) is 54.1 Å². The lowest BCUT2D eigenvalue weighted by molar-refractivity contribution is -0.134. The van der Waals surface area contributed by atoms with E-state index in [2.05, 4.69) is 16.7 Å². The maximum atomic E-state index is 13.2. The Morgan fingerprint density at radius 2 is 1.82 bits per heavy atom. The van der Waals surface area contributed by atoms with Crippen LogP contribution in [0.1, 0.15) is 32.4 Å². The van der Waals surface area contributed by atoms with Gasteiger partial charge in [0.25, 0.3) is 11.8 Å². The minimum absolute atomic E-state index is 0.106. The number of anilines is 1. The van der Waals surface area contributed by atoms with Crippen LogP contribution in [0.3, 0.4) is 0 Å². The van der Waals surface area contributed by atoms with E-state index in [-0.39, 0.29) is 11.3 Å². The molecule has 2 rings (SSSR count). The number of terminal acetylenes is 1. The van der Waals surface area contributed by atoms with E-state index in [1.807, 2.05) is 0 Å². The number of aromatic hydroxyl groups is 1. The van der Waals surface area contributed by atoms with Crippen LogP contribution >= 0.6 is 0 Å². The number of nitrogens with zero attached hydrogens (tertiary/aromatic N) is 1. The summed E-state index contributed by atoms with van der Waals surface area (Å²) in [5, 5.41) is 14.9. The van der Waals surface area contributed by atoms with E-state index in [0.717, 1.165) is 4.90 Å². The number of rotatable bonds is 7. The van der Waals surface area contributed by atoms with Crippen LogP contribution in [0, 0.1) is 12.5 Å². The zero-order valence-electron chi connectivity index (χ0n) is 18.9. The number of carbonyl (C=O) groups excluding carboxylic acids is 3. The maximum absolute atomic E-state index is 13.2. The first-order valence-electron chi connectivity index (χ1n) is 10.0. The Labute approximate surface area is 192 Å². The van der Waals surface area contributed by atoms with Crippen LogP contribution < -0.4 is 15.4 Å². The molecule has 0 fully saturated rings. The summed E-state index contributed by atoms with van der Waals surface area (Å²) in [6, 6.07) is 13.3. The minimum atomic E-state index is -1.28. The van der Waals surface area contributed by atoms with Gasteiger partial charge in [0.1, 0.15) is 29.7 Å². The fourth-order valence-electron chi connectivity index (χ4n) is 2.84. The smallest absolute Gasteiger partial charge is 0.408 e. The van der Waals surface area contributed by atoms with Crippen LogP contribution in [0.25, 0.3) is 0 Å². The maximum Gasteiger partial charge on any atom is 0.408 e. The van der Waals surface area contributed by atoms with Gasteiger partial charge in [-0.15, -0.1) is 0 Å². The second-order valence-corrected chi connectivity index (χ2v) is 7.96. The number of phenolic OH excluding ortho intramolecular Hbond substituents is 1. The highest BCUT2D eigenvalue weighted by Crippen LogP contribution is 2.26. The molecule has 0 bridgehead atoms. The molecule has 0 aliphatic heterocycles. The van der Waals surface area contributed by atoms with Crippen molar-refractivity contribution in [1.29, 1.82) is 0 Å². The molecule has 33 heavy (non-hydrogen) atoms. The summed E-state index contributed by atoms with van der Waals surface area (Å²) in [7, 11) is 1.52. The van der Waals surface area contributed by atoms with E-state index in [4.69, 9.17) is 15.9 Å². The summed E-state index contributed by atoms with van der Waals surface area (Å²) in [6.07, 6.45) is 4.78. The van der Waals surface area contributed by atoms with Gasteiger partial charge in [-0.2, -0.15) is 0 Å². The topological polar surface area (TPSA) is 117 Å². The van der Waals surface area contributed by atoms with Gasteiger partial charge in [-0.1, -0.05) is 18.6 Å². The number of nitrogens with one attached hydrogen (secondary N) is 2. The average molecular weight is 453 g/mol. The molecule has 0 radical (unpaired) electrons. The molecule has 174 valence electrons. The number of methoxy groups -OCH3 is 1. The van der Waals surface area contributed by atoms with Crippen molar-refractivity contribution >= 4 is 23.6 Å². The van der Waals surface area contributed by atoms with Gasteiger partial charge < -0.3 is 25.2 Å². The van der Waals surface area contributed by atoms with Crippen molar-refractivity contribution < 1.29 is 29.0 Å². The van der Waals surface area contributed by atoms with Crippen molar-refractivity contribution in [3.8, 4) is 24.0 Å². The normalized spacial score (nSPS) is 11.5. The molecule has 9 heteroatoms. The van der Waals surface area contributed by atoms with Crippen molar-refractivity contribution in [1.82, 2.24) is 10.2 Å². The molecule has 2 aromatic rings. The minimum Gasteiger partial charge on any atom is -0.508 e. The van der Waals surface area contributed by atoms with E-state index < -0.39 is 36.1 Å². The number of carbonyl (C=O) groups is 3. The second kappa shape index (κ2) is 10.9. The Hall–Kier alpha value is -4.19. The molecule has 9 nitrogen and oxygen atoms in total. The number of phenols is 1. The van der Waals surface area contributed by atoms with Gasteiger partial charge in [-0.3, -0.25) is 14.5 Å². The Bertz CT molecular complexity index is 1040. The van der Waals surface area contributed by atoms with Gasteiger partial charge in [-0.25, -0.2) is 4.79 Å². The summed E-state index contributed by atoms with van der Waals surface area (Å²) in [5.74, 6) is -0.840. The van der Waals surface area contributed by atoms with Crippen molar-refractivity contribution in [3.63, 3.8) is 0 Å². The first-order valence-corrected chi connectivity index (χ1v) is 10.0. The molecule has 0 heterocycles. The Morgan fingerprint density at radius 1 is 1.15 bits per heavy atom. The molecular weight excluding hydrogens is 426 g/mol. The van der Waals surface area contributed by atoms with Crippen molar-refractivity contribution in [2.75, 3.05) is 19.0 Å². The number of amides is 3. The highest BCUT2D eigenvalue weighted by molar-refractivity contribution is 5.99. The van der Waals surface area contributed by atoms with E-state index in [0.29, 0.717) is 11.4 Å². The van der Waals surface area contributed by atoms with Crippen LogP contribution in [0.4, 0.5) is 10.5 Å². The molecule has 0 aliphatic rings. The zero-order chi connectivity index (χ0) is 24.6. The first kappa shape index (κ1) is 25.1. The summed E-state index contributed by atoms with van der Waals surface area (Å²) in [4.78, 5) is 38.8. The number of hydrogen-bond donors (Lipinski definition) is 3. The first-order chi connectivity index (χ1) is 15.5. The third-order valence-electron chi connectivity index (χ3n) is 4.24. The molecular formula is C24H27N3O6. The highest BCUT2D eigenvalue weighted by atomic mass is 16.6. The number of benzene rings is 2. The van der Waals surface area contributed by atoms with E-state index >= 15 is 0 Å². The van der Waals surface area contributed by atoms with Crippen molar-refractivity contribution in [2.45, 2.75) is 32.4 Å². The SMILES string of the molecule is C#CN(C(=O)CNC(=O)OC(C)(C)C)C(C(=O)Nc1ccc(OC)cc1)c1cccc(O)c1. The van der Waals surface area contributed by atoms with E-state index in [9.17, 15) is 19.5 Å². The van der Waals surface area contributed by atoms with Crippen LogP contribution in [-0.2, 0) is 14.3 Å². The van der Waals surface area contributed by atoms with Gasteiger partial charge in [0, 0.05) is 11.7 Å². The Kier molecular flexibility index (Phi) is 8.29. The van der Waals surface area contributed by atoms with Gasteiger partial charge in [0.15, 0.2) is 0 Å². The van der Waals surface area contributed by atoms with Crippen LogP contribution in [0.15, 0.2) is 48.5 Å². The number of hydrogen-bond acceptors (Lipinski definition) is 6. The Morgan fingerprint density at radius 3 is 2.36 bits per heavy atom. The lowest BCUT2D eigenvalue weighted by Gasteiger charge is -2.27. The molecule has 2 aromatic carbocycles. The standard InChI is InChI=1S/C24H27N3O6/c1-6-27(20(29)15-25-23(31)33-24(2,3)4)21(16-8-7-9-18(28)14-16)22(30)26-17-10-12-19(32-5)13-11-17/h1,7-14,21,28H,15H2,2-5H3,(H,25,31)(H,26,30). The molecule has 0 aromatic heterocycles. The second-order valence-electron chi connectivity index (χ2n) is 7.96. The molecule has 0 aliphatic carbocycles. The molecule has 0 saturated heterocycles. The predicted molar refractivity (Wildman–Crippen MR) is 122 cm³/mol. The molecule has 1 atom stereocenters. The molecule has 0 spiro atoms. The van der Waals surface area contributed by atoms with Crippen molar-refractivity contribution in [2.24, 2.45) is 0 Å². The molecule has 3 amide bonds. The van der Waals surface area contributed by atoms with E-state index in [1.165, 1.54) is 25.3 Å². The lowest BCUT2D eigenvalue weighted by atomic mass is 10.0. The third-order valence-corrected chi connectivity index (χ3v) is 4.24. The van der Waals surface area contributed by atoms with Gasteiger partial charge >= 0.3 is 6.09 Å². The molecule has 1 unspecified atom stereocenters. The largest absolute Gasteiger partial charge is 0.508 e. The summed E-state index contributed by atoms with van der Waals surface area (Å²) in [6.45, 7) is 4.56. The quantitative estimate of drug-likeness (QED) is 0.438. The van der Waals surface area contributed by atoms with Crippen LogP contribution in [-0.4, -0.2) is 47.2 Å². The summed E-state index contributed by atoms with van der Waals surface area (Å²) >= 11 is 0. The van der Waals surface area contributed by atoms with Gasteiger partial charge in [0.2, 0.25) is 0 Å². The Balaban J connectivity index is 2.27. The fraction of sp³-hybridized carbons (Fsp3) is 0.292. The van der Waals surface area contributed by atoms with Gasteiger partial charge in [0.05, 0.1) is 7.11 Å². The summed E-state index contributed by atoms with van der Waals surface area (Å²) in [5.41, 5.74) is -0.0202. The van der Waals surface area contributed by atoms with Gasteiger partial charge in [-0.05, 0) is 62.7 Å². The monoisotopic (exact) mass is 453 g/mol. The third kappa shape index (κ3) is 7.47. The fourth-order valence-corrected chi connectivity index (χ4v) is 2.84. The molecule has 0 saturated carbocycles. The lowest BCUT2D eigenvalue weighted by Crippen LogP contribution is -2.44. The number of ether oxygens (including phenoxy) is 2. The number of alkyl carbamates (subject to hydrolysis) is 1. The average Bonchev–Trinajstić information content (AvgIpc) is 2.75. The predicted octanol–water partition coefficient (Wildman–Crippen LogP) is 3.02. The van der Waals surface area contributed by atoms with E-state index in [1.54, 1.807) is 51.1 Å².